The Bertz CT molecular complexity index is 794. The molecule has 1 saturated carbocycles. The zero-order valence-electron chi connectivity index (χ0n) is 18.3. The first-order chi connectivity index (χ1) is 15.1. The van der Waals surface area contributed by atoms with Gasteiger partial charge in [-0.25, -0.2) is 4.79 Å². The van der Waals surface area contributed by atoms with Gasteiger partial charge in [-0.3, -0.25) is 0 Å². The van der Waals surface area contributed by atoms with Crippen LogP contribution in [0, 0.1) is 5.92 Å². The second-order valence-corrected chi connectivity index (χ2v) is 7.93. The van der Waals surface area contributed by atoms with Crippen molar-refractivity contribution >= 4 is 5.97 Å². The zero-order chi connectivity index (χ0) is 22.1. The average molecular weight is 429 g/mol. The largest absolute Gasteiger partial charge is 0.497 e. The Balaban J connectivity index is 1.51. The third-order valence-electron chi connectivity index (χ3n) is 5.49. The van der Waals surface area contributed by atoms with Crippen LogP contribution in [-0.2, 0) is 4.74 Å². The smallest absolute Gasteiger partial charge is 0.343 e. The molecule has 168 valence electrons. The van der Waals surface area contributed by atoms with Gasteiger partial charge in [0.25, 0.3) is 0 Å². The van der Waals surface area contributed by atoms with Gasteiger partial charge >= 0.3 is 5.97 Å². The molecule has 0 saturated heterocycles. The maximum atomic E-state index is 12.4. The molecule has 1 aliphatic rings. The number of carbonyl (C=O) groups excluding carboxylic acids is 1. The standard InChI is InChI=1S/C25H32O6/c1-3-4-24(29-17-18-5-9-20(26)10-6-18)30-22-11-7-19(8-12-22)25(27)31-23-15-13-21(28-2)14-16-23/h7-8,11-16,18,20,24,26H,3-6,9-10,17H2,1-2H3. The number of methoxy groups -OCH3 is 1. The Hall–Kier alpha value is -2.57. The van der Waals surface area contributed by atoms with Gasteiger partial charge in [-0.05, 0) is 80.1 Å². The van der Waals surface area contributed by atoms with Crippen molar-refractivity contribution in [1.82, 2.24) is 0 Å². The number of aliphatic hydroxyl groups is 1. The lowest BCUT2D eigenvalue weighted by Gasteiger charge is -2.27. The van der Waals surface area contributed by atoms with Crippen molar-refractivity contribution in [1.29, 1.82) is 0 Å². The third kappa shape index (κ3) is 7.26. The van der Waals surface area contributed by atoms with Crippen LogP contribution in [-0.4, -0.2) is 37.2 Å². The molecule has 6 heteroatoms. The molecule has 1 unspecified atom stereocenters. The van der Waals surface area contributed by atoms with E-state index >= 15 is 0 Å². The summed E-state index contributed by atoms with van der Waals surface area (Å²) >= 11 is 0. The number of hydrogen-bond acceptors (Lipinski definition) is 6. The highest BCUT2D eigenvalue weighted by Gasteiger charge is 2.21. The van der Waals surface area contributed by atoms with E-state index < -0.39 is 5.97 Å². The number of rotatable bonds is 10. The monoisotopic (exact) mass is 428 g/mol. The number of carbonyl (C=O) groups is 1. The predicted octanol–water partition coefficient (Wildman–Crippen LogP) is 4.99. The van der Waals surface area contributed by atoms with Crippen LogP contribution in [0.15, 0.2) is 48.5 Å². The Morgan fingerprint density at radius 1 is 0.968 bits per heavy atom. The number of aliphatic hydroxyl groups excluding tert-OH is 1. The van der Waals surface area contributed by atoms with Gasteiger partial charge in [-0.2, -0.15) is 0 Å². The second-order valence-electron chi connectivity index (χ2n) is 7.93. The predicted molar refractivity (Wildman–Crippen MR) is 118 cm³/mol. The molecule has 0 radical (unpaired) electrons. The Morgan fingerprint density at radius 3 is 2.19 bits per heavy atom. The maximum Gasteiger partial charge on any atom is 0.343 e. The van der Waals surface area contributed by atoms with E-state index in [0.29, 0.717) is 35.3 Å². The minimum Gasteiger partial charge on any atom is -0.497 e. The summed E-state index contributed by atoms with van der Waals surface area (Å²) in [7, 11) is 1.59. The molecule has 2 aromatic rings. The van der Waals surface area contributed by atoms with Gasteiger partial charge in [0.1, 0.15) is 17.2 Å². The number of benzene rings is 2. The molecule has 1 aliphatic carbocycles. The Morgan fingerprint density at radius 2 is 1.58 bits per heavy atom. The van der Waals surface area contributed by atoms with Crippen LogP contribution in [0.3, 0.4) is 0 Å². The van der Waals surface area contributed by atoms with Crippen molar-refractivity contribution in [3.63, 3.8) is 0 Å². The molecule has 1 N–H and O–H groups in total. The summed E-state index contributed by atoms with van der Waals surface area (Å²) in [6.45, 7) is 2.73. The van der Waals surface area contributed by atoms with E-state index in [9.17, 15) is 9.90 Å². The van der Waals surface area contributed by atoms with Gasteiger partial charge in [-0.1, -0.05) is 13.3 Å². The summed E-state index contributed by atoms with van der Waals surface area (Å²) < 4.78 is 22.5. The SMILES string of the molecule is CCCC(OCC1CCC(O)CC1)Oc1ccc(C(=O)Oc2ccc(OC)cc2)cc1. The minimum absolute atomic E-state index is 0.158. The van der Waals surface area contributed by atoms with Crippen LogP contribution >= 0.6 is 0 Å². The summed E-state index contributed by atoms with van der Waals surface area (Å²) in [4.78, 5) is 12.4. The van der Waals surface area contributed by atoms with Gasteiger partial charge < -0.3 is 24.1 Å². The van der Waals surface area contributed by atoms with Gasteiger partial charge in [0.15, 0.2) is 6.29 Å². The summed E-state index contributed by atoms with van der Waals surface area (Å²) in [5.74, 6) is 1.85. The van der Waals surface area contributed by atoms with Crippen molar-refractivity contribution < 1.29 is 28.8 Å². The van der Waals surface area contributed by atoms with Crippen LogP contribution in [0.4, 0.5) is 0 Å². The molecule has 0 aliphatic heterocycles. The van der Waals surface area contributed by atoms with Crippen molar-refractivity contribution in [3.05, 3.63) is 54.1 Å². The summed E-state index contributed by atoms with van der Waals surface area (Å²) in [6.07, 6.45) is 4.93. The van der Waals surface area contributed by atoms with Crippen LogP contribution in [0.5, 0.6) is 17.2 Å². The number of ether oxygens (including phenoxy) is 4. The molecular formula is C25H32O6. The van der Waals surface area contributed by atoms with Gasteiger partial charge in [-0.15, -0.1) is 0 Å². The fourth-order valence-electron chi connectivity index (χ4n) is 3.60. The lowest BCUT2D eigenvalue weighted by atomic mass is 9.88. The Kier molecular flexibility index (Phi) is 8.74. The van der Waals surface area contributed by atoms with Crippen molar-refractivity contribution in [3.8, 4) is 17.2 Å². The average Bonchev–Trinajstić information content (AvgIpc) is 2.79. The van der Waals surface area contributed by atoms with Crippen LogP contribution in [0.2, 0.25) is 0 Å². The van der Waals surface area contributed by atoms with Crippen LogP contribution in [0.1, 0.15) is 55.8 Å². The van der Waals surface area contributed by atoms with E-state index in [1.165, 1.54) is 0 Å². The highest BCUT2D eigenvalue weighted by Crippen LogP contribution is 2.26. The van der Waals surface area contributed by atoms with E-state index in [1.807, 2.05) is 0 Å². The molecular weight excluding hydrogens is 396 g/mol. The molecule has 0 bridgehead atoms. The molecule has 1 atom stereocenters. The summed E-state index contributed by atoms with van der Waals surface area (Å²) in [5.41, 5.74) is 0.442. The van der Waals surface area contributed by atoms with E-state index in [2.05, 4.69) is 6.92 Å². The lowest BCUT2D eigenvalue weighted by Crippen LogP contribution is -2.27. The molecule has 6 nitrogen and oxygen atoms in total. The van der Waals surface area contributed by atoms with Gasteiger partial charge in [0, 0.05) is 6.42 Å². The molecule has 0 heterocycles. The molecule has 31 heavy (non-hydrogen) atoms. The molecule has 3 rings (SSSR count). The highest BCUT2D eigenvalue weighted by atomic mass is 16.7. The van der Waals surface area contributed by atoms with Gasteiger partial charge in [0.05, 0.1) is 25.4 Å². The van der Waals surface area contributed by atoms with E-state index in [1.54, 1.807) is 55.6 Å². The number of hydrogen-bond donors (Lipinski definition) is 1. The summed E-state index contributed by atoms with van der Waals surface area (Å²) in [6, 6.07) is 13.7. The van der Waals surface area contributed by atoms with E-state index in [4.69, 9.17) is 18.9 Å². The summed E-state index contributed by atoms with van der Waals surface area (Å²) in [5, 5.41) is 9.65. The van der Waals surface area contributed by atoms with Crippen molar-refractivity contribution in [2.24, 2.45) is 5.92 Å². The minimum atomic E-state index is -0.433. The first-order valence-corrected chi connectivity index (χ1v) is 11.0. The molecule has 0 amide bonds. The second kappa shape index (κ2) is 11.7. The molecule has 0 spiro atoms. The third-order valence-corrected chi connectivity index (χ3v) is 5.49. The van der Waals surface area contributed by atoms with Crippen LogP contribution < -0.4 is 14.2 Å². The van der Waals surface area contributed by atoms with Crippen molar-refractivity contribution in [2.75, 3.05) is 13.7 Å². The fourth-order valence-corrected chi connectivity index (χ4v) is 3.60. The van der Waals surface area contributed by atoms with Gasteiger partial charge in [0.2, 0.25) is 0 Å². The quantitative estimate of drug-likeness (QED) is 0.327. The zero-order valence-corrected chi connectivity index (χ0v) is 18.3. The first kappa shape index (κ1) is 23.1. The fraction of sp³-hybridized carbons (Fsp3) is 0.480. The molecule has 1 fully saturated rings. The number of esters is 1. The normalized spacial score (nSPS) is 19.5. The highest BCUT2D eigenvalue weighted by molar-refractivity contribution is 5.91. The Labute approximate surface area is 184 Å². The molecule has 0 aromatic heterocycles. The van der Waals surface area contributed by atoms with E-state index in [0.717, 1.165) is 38.5 Å². The lowest BCUT2D eigenvalue weighted by molar-refractivity contribution is -0.101. The maximum absolute atomic E-state index is 12.4. The van der Waals surface area contributed by atoms with E-state index in [-0.39, 0.29) is 12.4 Å². The van der Waals surface area contributed by atoms with Crippen molar-refractivity contribution in [2.45, 2.75) is 57.8 Å². The topological polar surface area (TPSA) is 74.2 Å². The molecule has 2 aromatic carbocycles. The van der Waals surface area contributed by atoms with Crippen LogP contribution in [0.25, 0.3) is 0 Å². The first-order valence-electron chi connectivity index (χ1n) is 11.0.